The number of hydrogen-bond donors (Lipinski definition) is 2. The summed E-state index contributed by atoms with van der Waals surface area (Å²) in [4.78, 5) is 23.5. The molecule has 0 saturated carbocycles. The van der Waals surface area contributed by atoms with E-state index in [1.807, 2.05) is 13.8 Å². The van der Waals surface area contributed by atoms with Gasteiger partial charge in [-0.05, 0) is 25.7 Å². The molecule has 5 nitrogen and oxygen atoms in total. The van der Waals surface area contributed by atoms with Crippen LogP contribution in [-0.4, -0.2) is 37.6 Å². The van der Waals surface area contributed by atoms with Gasteiger partial charge in [0, 0.05) is 6.54 Å². The first-order chi connectivity index (χ1) is 8.92. The summed E-state index contributed by atoms with van der Waals surface area (Å²) in [6, 6.07) is -0.836. The third kappa shape index (κ3) is 7.82. The lowest BCUT2D eigenvalue weighted by Gasteiger charge is -2.22. The normalized spacial score (nSPS) is 14.0. The summed E-state index contributed by atoms with van der Waals surface area (Å²) in [5, 5.41) is 5.88. The third-order valence-corrected chi connectivity index (χ3v) is 2.87. The number of nitrogens with one attached hydrogen (secondary N) is 2. The van der Waals surface area contributed by atoms with Crippen molar-refractivity contribution in [3.05, 3.63) is 0 Å². The average molecular weight is 272 g/mol. The van der Waals surface area contributed by atoms with Crippen molar-refractivity contribution in [1.29, 1.82) is 0 Å². The summed E-state index contributed by atoms with van der Waals surface area (Å²) >= 11 is 0. The number of amides is 1. The molecule has 2 N–H and O–H groups in total. The van der Waals surface area contributed by atoms with Crippen molar-refractivity contribution in [3.8, 4) is 0 Å². The van der Waals surface area contributed by atoms with Gasteiger partial charge in [0.15, 0.2) is 0 Å². The maximum atomic E-state index is 11.8. The molecule has 0 aliphatic heterocycles. The van der Waals surface area contributed by atoms with Gasteiger partial charge >= 0.3 is 5.97 Å². The molecule has 0 rings (SSSR count). The van der Waals surface area contributed by atoms with Crippen molar-refractivity contribution < 1.29 is 14.3 Å². The van der Waals surface area contributed by atoms with Crippen LogP contribution >= 0.6 is 0 Å². The summed E-state index contributed by atoms with van der Waals surface area (Å²) in [5.74, 6) is -0.0417. The number of unbranched alkanes of at least 4 members (excludes halogenated alkanes) is 1. The van der Waals surface area contributed by atoms with Gasteiger partial charge in [-0.1, -0.05) is 27.2 Å². The number of hydrogen-bond acceptors (Lipinski definition) is 4. The number of ether oxygens (including phenoxy) is 1. The summed E-state index contributed by atoms with van der Waals surface area (Å²) in [6.45, 7) is 8.57. The lowest BCUT2D eigenvalue weighted by Crippen LogP contribution is -2.50. The van der Waals surface area contributed by atoms with Crippen molar-refractivity contribution in [2.75, 3.05) is 13.7 Å². The van der Waals surface area contributed by atoms with Crippen molar-refractivity contribution >= 4 is 11.9 Å². The molecule has 0 bridgehead atoms. The minimum Gasteiger partial charge on any atom is -0.468 e. The highest BCUT2D eigenvalue weighted by Gasteiger charge is 2.24. The molecule has 112 valence electrons. The van der Waals surface area contributed by atoms with E-state index in [4.69, 9.17) is 4.74 Å². The van der Waals surface area contributed by atoms with Crippen LogP contribution in [0, 0.1) is 5.92 Å². The topological polar surface area (TPSA) is 67.4 Å². The Kier molecular flexibility index (Phi) is 9.21. The first-order valence-electron chi connectivity index (χ1n) is 7.03. The lowest BCUT2D eigenvalue weighted by molar-refractivity contribution is -0.144. The lowest BCUT2D eigenvalue weighted by atomic mass is 10.0. The predicted molar refractivity (Wildman–Crippen MR) is 75.8 cm³/mol. The Balaban J connectivity index is 4.32. The molecule has 0 heterocycles. The van der Waals surface area contributed by atoms with Crippen LogP contribution in [0.3, 0.4) is 0 Å². The van der Waals surface area contributed by atoms with Gasteiger partial charge in [-0.2, -0.15) is 0 Å². The molecule has 0 radical (unpaired) electrons. The molecular weight excluding hydrogens is 244 g/mol. The average Bonchev–Trinajstić information content (AvgIpc) is 2.36. The number of methoxy groups -OCH3 is 1. The first-order valence-corrected chi connectivity index (χ1v) is 7.03. The Morgan fingerprint density at radius 2 is 1.84 bits per heavy atom. The van der Waals surface area contributed by atoms with E-state index < -0.39 is 12.1 Å². The van der Waals surface area contributed by atoms with Gasteiger partial charge in [0.2, 0.25) is 5.91 Å². The van der Waals surface area contributed by atoms with E-state index in [0.717, 1.165) is 12.8 Å². The van der Waals surface area contributed by atoms with E-state index in [0.29, 0.717) is 18.9 Å². The molecule has 0 fully saturated rings. The van der Waals surface area contributed by atoms with E-state index in [2.05, 4.69) is 17.6 Å². The van der Waals surface area contributed by atoms with Gasteiger partial charge in [0.25, 0.3) is 0 Å². The van der Waals surface area contributed by atoms with E-state index >= 15 is 0 Å². The summed E-state index contributed by atoms with van der Waals surface area (Å²) < 4.78 is 4.76. The van der Waals surface area contributed by atoms with Gasteiger partial charge in [0.1, 0.15) is 6.04 Å². The third-order valence-electron chi connectivity index (χ3n) is 2.87. The van der Waals surface area contributed by atoms with Crippen molar-refractivity contribution in [2.24, 2.45) is 5.92 Å². The zero-order chi connectivity index (χ0) is 14.8. The molecule has 1 amide bonds. The molecule has 0 aromatic carbocycles. The quantitative estimate of drug-likeness (QED) is 0.493. The highest BCUT2D eigenvalue weighted by Crippen LogP contribution is 2.07. The molecular formula is C14H28N2O3. The van der Waals surface area contributed by atoms with Crippen molar-refractivity contribution in [3.63, 3.8) is 0 Å². The first kappa shape index (κ1) is 17.9. The fourth-order valence-corrected chi connectivity index (χ4v) is 1.76. The van der Waals surface area contributed by atoms with Gasteiger partial charge in [0.05, 0.1) is 13.2 Å². The fraction of sp³-hybridized carbons (Fsp3) is 0.857. The van der Waals surface area contributed by atoms with Gasteiger partial charge in [-0.25, -0.2) is 0 Å². The molecule has 19 heavy (non-hydrogen) atoms. The highest BCUT2D eigenvalue weighted by atomic mass is 16.5. The standard InChI is InChI=1S/C14H28N2O3/c1-6-7-8-15-13(17)11(4)16-12(9-10(2)3)14(18)19-5/h10-12,16H,6-9H2,1-5H3,(H,15,17). The zero-order valence-corrected chi connectivity index (χ0v) is 12.8. The minimum atomic E-state index is -0.433. The van der Waals surface area contributed by atoms with Crippen LogP contribution in [0.15, 0.2) is 0 Å². The van der Waals surface area contributed by atoms with Crippen LogP contribution in [0.2, 0.25) is 0 Å². The largest absolute Gasteiger partial charge is 0.468 e. The predicted octanol–water partition coefficient (Wildman–Crippen LogP) is 1.47. The molecule has 2 atom stereocenters. The number of carbonyl (C=O) groups is 2. The van der Waals surface area contributed by atoms with Crippen molar-refractivity contribution in [2.45, 2.75) is 59.0 Å². The van der Waals surface area contributed by atoms with Gasteiger partial charge < -0.3 is 10.1 Å². The Labute approximate surface area is 116 Å². The number of rotatable bonds is 9. The van der Waals surface area contributed by atoms with Crippen LogP contribution in [0.4, 0.5) is 0 Å². The van der Waals surface area contributed by atoms with Crippen LogP contribution in [0.1, 0.15) is 47.0 Å². The van der Waals surface area contributed by atoms with Gasteiger partial charge in [-0.15, -0.1) is 0 Å². The van der Waals surface area contributed by atoms with E-state index in [1.165, 1.54) is 7.11 Å². The monoisotopic (exact) mass is 272 g/mol. The maximum absolute atomic E-state index is 11.8. The number of esters is 1. The second-order valence-corrected chi connectivity index (χ2v) is 5.24. The molecule has 0 spiro atoms. The number of carbonyl (C=O) groups excluding carboxylic acids is 2. The van der Waals surface area contributed by atoms with Crippen LogP contribution in [0.5, 0.6) is 0 Å². The van der Waals surface area contributed by atoms with Crippen molar-refractivity contribution in [1.82, 2.24) is 10.6 Å². The SMILES string of the molecule is CCCCNC(=O)C(C)NC(CC(C)C)C(=O)OC. The second-order valence-electron chi connectivity index (χ2n) is 5.24. The molecule has 0 aromatic heterocycles. The highest BCUT2D eigenvalue weighted by molar-refractivity contribution is 5.83. The van der Waals surface area contributed by atoms with Gasteiger partial charge in [-0.3, -0.25) is 14.9 Å². The minimum absolute atomic E-state index is 0.0777. The summed E-state index contributed by atoms with van der Waals surface area (Å²) in [5.41, 5.74) is 0. The maximum Gasteiger partial charge on any atom is 0.322 e. The Morgan fingerprint density at radius 1 is 1.21 bits per heavy atom. The fourth-order valence-electron chi connectivity index (χ4n) is 1.76. The molecule has 2 unspecified atom stereocenters. The van der Waals surface area contributed by atoms with Crippen LogP contribution < -0.4 is 10.6 Å². The summed E-state index contributed by atoms with van der Waals surface area (Å²) in [7, 11) is 1.36. The Hall–Kier alpha value is -1.10. The second kappa shape index (κ2) is 9.78. The van der Waals surface area contributed by atoms with Crippen LogP contribution in [0.25, 0.3) is 0 Å². The van der Waals surface area contributed by atoms with E-state index in [1.54, 1.807) is 6.92 Å². The zero-order valence-electron chi connectivity index (χ0n) is 12.8. The molecule has 0 aliphatic carbocycles. The van der Waals surface area contributed by atoms with E-state index in [9.17, 15) is 9.59 Å². The molecule has 0 aromatic rings. The molecule has 0 aliphatic rings. The molecule has 0 saturated heterocycles. The molecule has 5 heteroatoms. The Morgan fingerprint density at radius 3 is 2.32 bits per heavy atom. The smallest absolute Gasteiger partial charge is 0.322 e. The van der Waals surface area contributed by atoms with Crippen LogP contribution in [-0.2, 0) is 14.3 Å². The summed E-state index contributed by atoms with van der Waals surface area (Å²) in [6.07, 6.45) is 2.66. The Bertz CT molecular complexity index is 280. The van der Waals surface area contributed by atoms with E-state index in [-0.39, 0.29) is 11.9 Å².